The van der Waals surface area contributed by atoms with Gasteiger partial charge in [0.1, 0.15) is 0 Å². The molecule has 0 spiro atoms. The molecule has 1 heterocycles. The zero-order chi connectivity index (χ0) is 9.57. The summed E-state index contributed by atoms with van der Waals surface area (Å²) in [5, 5.41) is 8.66. The highest BCUT2D eigenvalue weighted by Gasteiger charge is 2.62. The zero-order valence-electron chi connectivity index (χ0n) is 6.18. The van der Waals surface area contributed by atoms with Crippen LogP contribution >= 0.6 is 0 Å². The van der Waals surface area contributed by atoms with Gasteiger partial charge in [-0.3, -0.25) is 4.79 Å². The van der Waals surface area contributed by atoms with Crippen LogP contribution in [0, 0.1) is 0 Å². The molecule has 3 nitrogen and oxygen atoms in total. The van der Waals surface area contributed by atoms with Gasteiger partial charge < -0.3 is 9.84 Å². The molecule has 1 aliphatic heterocycles. The molecule has 0 aromatic rings. The van der Waals surface area contributed by atoms with Crippen LogP contribution in [-0.2, 0) is 9.53 Å². The molecule has 70 valence electrons. The van der Waals surface area contributed by atoms with Crippen LogP contribution in [0.4, 0.5) is 13.2 Å². The number of carbonyl (C=O) groups is 1. The van der Waals surface area contributed by atoms with Crippen LogP contribution in [0.1, 0.15) is 13.3 Å². The van der Waals surface area contributed by atoms with Crippen molar-refractivity contribution in [1.82, 2.24) is 0 Å². The summed E-state index contributed by atoms with van der Waals surface area (Å²) in [6.45, 7) is 0.617. The molecule has 1 fully saturated rings. The Morgan fingerprint density at radius 1 is 1.67 bits per heavy atom. The van der Waals surface area contributed by atoms with Gasteiger partial charge in [0.25, 0.3) is 0 Å². The smallest absolute Gasteiger partial charge is 0.368 e. The second-order valence-electron chi connectivity index (χ2n) is 2.73. The lowest BCUT2D eigenvalue weighted by atomic mass is 10.0. The molecule has 1 saturated heterocycles. The van der Waals surface area contributed by atoms with Gasteiger partial charge in [0.15, 0.2) is 12.1 Å². The number of aliphatic hydroxyl groups excluding tert-OH is 1. The van der Waals surface area contributed by atoms with E-state index in [0.29, 0.717) is 6.92 Å². The molecule has 1 aliphatic rings. The van der Waals surface area contributed by atoms with Crippen LogP contribution < -0.4 is 0 Å². The first-order valence-corrected chi connectivity index (χ1v) is 3.23. The predicted octanol–water partition coefficient (Wildman–Crippen LogP) is 0.615. The molecule has 1 rings (SSSR count). The van der Waals surface area contributed by atoms with Gasteiger partial charge in [-0.05, 0) is 6.92 Å². The van der Waals surface area contributed by atoms with Crippen molar-refractivity contribution in [2.75, 3.05) is 0 Å². The van der Waals surface area contributed by atoms with Crippen molar-refractivity contribution in [2.24, 2.45) is 0 Å². The van der Waals surface area contributed by atoms with E-state index in [-0.39, 0.29) is 0 Å². The number of ether oxygens (including phenoxy) is 1. The Labute approximate surface area is 66.1 Å². The minimum absolute atomic E-state index is 0.601. The number of hydrogen-bond donors (Lipinski definition) is 1. The Morgan fingerprint density at radius 2 is 2.17 bits per heavy atom. The standard InChI is InChI=1S/C6H7F3O3/c1-5(6(7,8)9)3(10)2-4(11)12-5/h4,11H,2H2,1H3/t4-,5-/m1/s1. The lowest BCUT2D eigenvalue weighted by molar-refractivity contribution is -0.275. The van der Waals surface area contributed by atoms with Gasteiger partial charge in [-0.2, -0.15) is 13.2 Å². The minimum Gasteiger partial charge on any atom is -0.368 e. The van der Waals surface area contributed by atoms with Gasteiger partial charge in [0, 0.05) is 0 Å². The summed E-state index contributed by atoms with van der Waals surface area (Å²) < 4.78 is 40.4. The molecule has 0 bridgehead atoms. The van der Waals surface area contributed by atoms with Gasteiger partial charge in [0.2, 0.25) is 5.60 Å². The topological polar surface area (TPSA) is 46.5 Å². The highest BCUT2D eigenvalue weighted by Crippen LogP contribution is 2.39. The molecule has 0 amide bonds. The first kappa shape index (κ1) is 9.47. The molecule has 0 aromatic heterocycles. The average molecular weight is 184 g/mol. The third-order valence-electron chi connectivity index (χ3n) is 1.80. The number of ketones is 1. The summed E-state index contributed by atoms with van der Waals surface area (Å²) in [4.78, 5) is 10.7. The Bertz CT molecular complexity index is 213. The SMILES string of the molecule is C[C@@]1(C(F)(F)F)O[C@@H](O)CC1=O. The third kappa shape index (κ3) is 1.21. The van der Waals surface area contributed by atoms with E-state index in [1.807, 2.05) is 0 Å². The van der Waals surface area contributed by atoms with Gasteiger partial charge in [-0.15, -0.1) is 0 Å². The first-order valence-electron chi connectivity index (χ1n) is 3.23. The van der Waals surface area contributed by atoms with E-state index in [9.17, 15) is 18.0 Å². The first-order chi connectivity index (χ1) is 5.27. The number of alkyl halides is 3. The summed E-state index contributed by atoms with van der Waals surface area (Å²) in [5.74, 6) is -1.14. The molecule has 0 aliphatic carbocycles. The molecular weight excluding hydrogens is 177 g/mol. The van der Waals surface area contributed by atoms with Crippen molar-refractivity contribution in [3.05, 3.63) is 0 Å². The molecular formula is C6H7F3O3. The Kier molecular flexibility index (Phi) is 1.92. The highest BCUT2D eigenvalue weighted by molar-refractivity contribution is 5.89. The van der Waals surface area contributed by atoms with E-state index in [1.54, 1.807) is 0 Å². The molecule has 0 aromatic carbocycles. The fraction of sp³-hybridized carbons (Fsp3) is 0.833. The maximum atomic E-state index is 12.1. The Balaban J connectivity index is 2.93. The highest BCUT2D eigenvalue weighted by atomic mass is 19.4. The molecule has 2 atom stereocenters. The van der Waals surface area contributed by atoms with Crippen LogP contribution in [0.5, 0.6) is 0 Å². The lowest BCUT2D eigenvalue weighted by Crippen LogP contribution is -2.47. The van der Waals surface area contributed by atoms with Crippen LogP contribution in [0.2, 0.25) is 0 Å². The number of halogens is 3. The maximum Gasteiger partial charge on any atom is 0.424 e. The molecule has 1 N–H and O–H groups in total. The normalized spacial score (nSPS) is 37.4. The van der Waals surface area contributed by atoms with E-state index in [4.69, 9.17) is 5.11 Å². The minimum atomic E-state index is -4.76. The molecule has 12 heavy (non-hydrogen) atoms. The summed E-state index contributed by atoms with van der Waals surface area (Å²) in [5.41, 5.74) is -2.83. The fourth-order valence-electron chi connectivity index (χ4n) is 0.958. The van der Waals surface area contributed by atoms with Gasteiger partial charge in [0.05, 0.1) is 6.42 Å². The van der Waals surface area contributed by atoms with Crippen molar-refractivity contribution in [3.8, 4) is 0 Å². The van der Waals surface area contributed by atoms with Gasteiger partial charge in [-0.1, -0.05) is 0 Å². The van der Waals surface area contributed by atoms with E-state index in [0.717, 1.165) is 0 Å². The van der Waals surface area contributed by atoms with Crippen LogP contribution in [0.15, 0.2) is 0 Å². The summed E-state index contributed by atoms with van der Waals surface area (Å²) in [7, 11) is 0. The second kappa shape index (κ2) is 2.43. The number of hydrogen-bond acceptors (Lipinski definition) is 3. The van der Waals surface area contributed by atoms with Crippen molar-refractivity contribution < 1.29 is 27.8 Å². The lowest BCUT2D eigenvalue weighted by Gasteiger charge is -2.24. The van der Waals surface area contributed by atoms with Crippen LogP contribution in [-0.4, -0.2) is 29.0 Å². The fourth-order valence-corrected chi connectivity index (χ4v) is 0.958. The largest absolute Gasteiger partial charge is 0.424 e. The average Bonchev–Trinajstić information content (AvgIpc) is 2.06. The predicted molar refractivity (Wildman–Crippen MR) is 31.2 cm³/mol. The van der Waals surface area contributed by atoms with E-state index in [2.05, 4.69) is 4.74 Å². The number of Topliss-reactive ketones (excluding diaryl/α,β-unsaturated/α-hetero) is 1. The maximum absolute atomic E-state index is 12.1. The number of rotatable bonds is 0. The molecule has 0 radical (unpaired) electrons. The Hall–Kier alpha value is -0.620. The van der Waals surface area contributed by atoms with Gasteiger partial charge >= 0.3 is 6.18 Å². The van der Waals surface area contributed by atoms with Crippen molar-refractivity contribution in [3.63, 3.8) is 0 Å². The number of carbonyl (C=O) groups excluding carboxylic acids is 1. The molecule has 0 saturated carbocycles. The van der Waals surface area contributed by atoms with E-state index < -0.39 is 30.3 Å². The molecule has 0 unspecified atom stereocenters. The zero-order valence-corrected chi connectivity index (χ0v) is 6.18. The third-order valence-corrected chi connectivity index (χ3v) is 1.80. The van der Waals surface area contributed by atoms with Crippen molar-refractivity contribution >= 4 is 5.78 Å². The Morgan fingerprint density at radius 3 is 2.33 bits per heavy atom. The van der Waals surface area contributed by atoms with Crippen molar-refractivity contribution in [2.45, 2.75) is 31.4 Å². The monoisotopic (exact) mass is 184 g/mol. The summed E-state index contributed by atoms with van der Waals surface area (Å²) in [6, 6.07) is 0. The summed E-state index contributed by atoms with van der Waals surface area (Å²) in [6.07, 6.45) is -7.00. The van der Waals surface area contributed by atoms with E-state index >= 15 is 0 Å². The van der Waals surface area contributed by atoms with Gasteiger partial charge in [-0.25, -0.2) is 0 Å². The quantitative estimate of drug-likeness (QED) is 0.600. The van der Waals surface area contributed by atoms with Crippen molar-refractivity contribution in [1.29, 1.82) is 0 Å². The van der Waals surface area contributed by atoms with Crippen LogP contribution in [0.3, 0.4) is 0 Å². The van der Waals surface area contributed by atoms with Crippen LogP contribution in [0.25, 0.3) is 0 Å². The number of aliphatic hydroxyl groups is 1. The second-order valence-corrected chi connectivity index (χ2v) is 2.73. The summed E-state index contributed by atoms with van der Waals surface area (Å²) >= 11 is 0. The molecule has 6 heteroatoms. The van der Waals surface area contributed by atoms with E-state index in [1.165, 1.54) is 0 Å².